The molecule has 0 atom stereocenters. The molecular formula is C17H16ClNO. The minimum absolute atomic E-state index is 0.494. The van der Waals surface area contributed by atoms with Crippen molar-refractivity contribution in [2.75, 3.05) is 6.61 Å². The van der Waals surface area contributed by atoms with E-state index in [9.17, 15) is 0 Å². The lowest BCUT2D eigenvalue weighted by molar-refractivity contribution is 0.363. The van der Waals surface area contributed by atoms with E-state index in [4.69, 9.17) is 16.3 Å². The Bertz CT molecular complexity index is 635. The summed E-state index contributed by atoms with van der Waals surface area (Å²) >= 11 is 5.98. The van der Waals surface area contributed by atoms with E-state index in [0.29, 0.717) is 11.6 Å². The quantitative estimate of drug-likeness (QED) is 0.562. The van der Waals surface area contributed by atoms with Crippen LogP contribution in [0.1, 0.15) is 11.1 Å². The predicted octanol–water partition coefficient (Wildman–Crippen LogP) is 4.96. The van der Waals surface area contributed by atoms with Gasteiger partial charge in [0.25, 0.3) is 0 Å². The number of aryl methyl sites for hydroxylation is 1. The van der Waals surface area contributed by atoms with E-state index in [1.54, 1.807) is 12.3 Å². The van der Waals surface area contributed by atoms with Gasteiger partial charge in [-0.15, -0.1) is 0 Å². The fourth-order valence-corrected chi connectivity index (χ4v) is 1.87. The Kier molecular flexibility index (Phi) is 4.97. The van der Waals surface area contributed by atoms with Crippen LogP contribution < -0.4 is 4.74 Å². The summed E-state index contributed by atoms with van der Waals surface area (Å²) in [6.07, 6.45) is 3.52. The zero-order valence-electron chi connectivity index (χ0n) is 11.3. The minimum Gasteiger partial charge on any atom is -0.490 e. The van der Waals surface area contributed by atoms with Gasteiger partial charge in [0.05, 0.1) is 5.69 Å². The van der Waals surface area contributed by atoms with Crippen molar-refractivity contribution in [3.8, 4) is 5.75 Å². The molecule has 0 aromatic heterocycles. The summed E-state index contributed by atoms with van der Waals surface area (Å²) in [6, 6.07) is 13.4. The molecule has 0 aliphatic rings. The molecule has 102 valence electrons. The number of benzene rings is 2. The van der Waals surface area contributed by atoms with Crippen LogP contribution in [0.5, 0.6) is 5.75 Å². The fraction of sp³-hybridized carbons (Fsp3) is 0.118. The Balaban J connectivity index is 2.18. The van der Waals surface area contributed by atoms with Gasteiger partial charge in [0, 0.05) is 11.2 Å². The number of ether oxygens (including phenoxy) is 1. The van der Waals surface area contributed by atoms with Gasteiger partial charge >= 0.3 is 0 Å². The van der Waals surface area contributed by atoms with Crippen LogP contribution in [0.15, 0.2) is 60.1 Å². The van der Waals surface area contributed by atoms with Crippen molar-refractivity contribution in [1.29, 1.82) is 0 Å². The van der Waals surface area contributed by atoms with E-state index in [0.717, 1.165) is 22.6 Å². The number of aliphatic imine (C=N–C) groups is 1. The molecule has 0 spiro atoms. The average Bonchev–Trinajstić information content (AvgIpc) is 2.46. The van der Waals surface area contributed by atoms with Crippen molar-refractivity contribution in [2.45, 2.75) is 6.92 Å². The van der Waals surface area contributed by atoms with E-state index < -0.39 is 0 Å². The van der Waals surface area contributed by atoms with E-state index in [2.05, 4.69) is 11.6 Å². The molecule has 2 rings (SSSR count). The number of hydrogen-bond donors (Lipinski definition) is 0. The number of nitrogens with zero attached hydrogens (tertiary/aromatic N) is 1. The largest absolute Gasteiger partial charge is 0.490 e. The van der Waals surface area contributed by atoms with Crippen LogP contribution in [0, 0.1) is 6.92 Å². The van der Waals surface area contributed by atoms with Crippen LogP contribution >= 0.6 is 11.6 Å². The van der Waals surface area contributed by atoms with Crippen molar-refractivity contribution in [3.63, 3.8) is 0 Å². The number of rotatable bonds is 5. The van der Waals surface area contributed by atoms with Crippen LogP contribution in [0.25, 0.3) is 0 Å². The molecule has 20 heavy (non-hydrogen) atoms. The molecule has 0 N–H and O–H groups in total. The molecular weight excluding hydrogens is 270 g/mol. The summed E-state index contributed by atoms with van der Waals surface area (Å²) in [4.78, 5) is 4.47. The van der Waals surface area contributed by atoms with Gasteiger partial charge in [-0.1, -0.05) is 42.5 Å². The topological polar surface area (TPSA) is 21.6 Å². The first-order chi connectivity index (χ1) is 9.69. The van der Waals surface area contributed by atoms with Gasteiger partial charge in [-0.05, 0) is 42.3 Å². The van der Waals surface area contributed by atoms with Crippen molar-refractivity contribution in [2.24, 2.45) is 4.99 Å². The smallest absolute Gasteiger partial charge is 0.120 e. The Morgan fingerprint density at radius 2 is 2.10 bits per heavy atom. The summed E-state index contributed by atoms with van der Waals surface area (Å²) in [5.74, 6) is 0.802. The van der Waals surface area contributed by atoms with Gasteiger partial charge in [-0.25, -0.2) is 0 Å². The van der Waals surface area contributed by atoms with Gasteiger partial charge < -0.3 is 4.74 Å². The fourth-order valence-electron chi connectivity index (χ4n) is 1.71. The second-order valence-corrected chi connectivity index (χ2v) is 4.80. The highest BCUT2D eigenvalue weighted by Gasteiger charge is 1.98. The highest BCUT2D eigenvalue weighted by Crippen LogP contribution is 2.23. The van der Waals surface area contributed by atoms with E-state index in [1.807, 2.05) is 49.4 Å². The van der Waals surface area contributed by atoms with Crippen molar-refractivity contribution in [3.05, 3.63) is 71.3 Å². The summed E-state index contributed by atoms with van der Waals surface area (Å²) < 4.78 is 5.49. The van der Waals surface area contributed by atoms with Crippen molar-refractivity contribution < 1.29 is 4.74 Å². The number of hydrogen-bond acceptors (Lipinski definition) is 2. The van der Waals surface area contributed by atoms with Gasteiger partial charge in [-0.2, -0.15) is 0 Å². The molecule has 3 heteroatoms. The first-order valence-corrected chi connectivity index (χ1v) is 6.71. The van der Waals surface area contributed by atoms with E-state index >= 15 is 0 Å². The molecule has 0 fully saturated rings. The standard InChI is InChI=1S/C17H16ClNO/c1-3-9-20-16-6-4-5-14(10-16)12-19-17-11-15(18)8-7-13(17)2/h3-8,10-12H,1,9H2,2H3. The summed E-state index contributed by atoms with van der Waals surface area (Å²) in [5.41, 5.74) is 2.94. The first kappa shape index (κ1) is 14.4. The van der Waals surface area contributed by atoms with Crippen molar-refractivity contribution in [1.82, 2.24) is 0 Å². The maximum atomic E-state index is 5.98. The molecule has 0 aliphatic carbocycles. The zero-order chi connectivity index (χ0) is 14.4. The highest BCUT2D eigenvalue weighted by molar-refractivity contribution is 6.30. The molecule has 0 bridgehead atoms. The van der Waals surface area contributed by atoms with Crippen LogP contribution in [0.3, 0.4) is 0 Å². The molecule has 0 saturated heterocycles. The SMILES string of the molecule is C=CCOc1cccc(C=Nc2cc(Cl)ccc2C)c1. The first-order valence-electron chi connectivity index (χ1n) is 6.33. The molecule has 2 aromatic carbocycles. The van der Waals surface area contributed by atoms with Gasteiger partial charge in [0.15, 0.2) is 0 Å². The molecule has 0 saturated carbocycles. The third-order valence-corrected chi connectivity index (χ3v) is 2.98. The lowest BCUT2D eigenvalue weighted by atomic mass is 10.2. The monoisotopic (exact) mass is 285 g/mol. The average molecular weight is 286 g/mol. The van der Waals surface area contributed by atoms with Crippen LogP contribution in [0.2, 0.25) is 5.02 Å². The molecule has 0 heterocycles. The van der Waals surface area contributed by atoms with E-state index in [-0.39, 0.29) is 0 Å². The number of halogens is 1. The summed E-state index contributed by atoms with van der Waals surface area (Å²) in [5, 5.41) is 0.686. The van der Waals surface area contributed by atoms with Crippen LogP contribution in [0.4, 0.5) is 5.69 Å². The Labute approximate surface area is 124 Å². The normalized spacial score (nSPS) is 10.7. The summed E-state index contributed by atoms with van der Waals surface area (Å²) in [6.45, 7) is 6.13. The Hall–Kier alpha value is -2.06. The lowest BCUT2D eigenvalue weighted by Gasteiger charge is -2.04. The molecule has 2 aromatic rings. The third-order valence-electron chi connectivity index (χ3n) is 2.75. The molecule has 0 amide bonds. The van der Waals surface area contributed by atoms with E-state index in [1.165, 1.54) is 0 Å². The van der Waals surface area contributed by atoms with Gasteiger partial charge in [0.2, 0.25) is 0 Å². The third kappa shape index (κ3) is 3.97. The Morgan fingerprint density at radius 3 is 2.90 bits per heavy atom. The zero-order valence-corrected chi connectivity index (χ0v) is 12.1. The molecule has 0 unspecified atom stereocenters. The van der Waals surface area contributed by atoms with Crippen LogP contribution in [-0.4, -0.2) is 12.8 Å². The second kappa shape index (κ2) is 6.92. The summed E-state index contributed by atoms with van der Waals surface area (Å²) in [7, 11) is 0. The maximum Gasteiger partial charge on any atom is 0.120 e. The molecule has 0 radical (unpaired) electrons. The maximum absolute atomic E-state index is 5.98. The second-order valence-electron chi connectivity index (χ2n) is 4.36. The van der Waals surface area contributed by atoms with Crippen LogP contribution in [-0.2, 0) is 0 Å². The van der Waals surface area contributed by atoms with Gasteiger partial charge in [-0.3, -0.25) is 4.99 Å². The lowest BCUT2D eigenvalue weighted by Crippen LogP contribution is -1.93. The molecule has 2 nitrogen and oxygen atoms in total. The highest BCUT2D eigenvalue weighted by atomic mass is 35.5. The minimum atomic E-state index is 0.494. The molecule has 0 aliphatic heterocycles. The predicted molar refractivity (Wildman–Crippen MR) is 85.6 cm³/mol. The van der Waals surface area contributed by atoms with Gasteiger partial charge in [0.1, 0.15) is 12.4 Å². The van der Waals surface area contributed by atoms with Crippen molar-refractivity contribution >= 4 is 23.5 Å². The Morgan fingerprint density at radius 1 is 1.25 bits per heavy atom.